The molecule has 170 valence electrons. The minimum Gasteiger partial charge on any atom is -0.484 e. The Hall–Kier alpha value is -4.79. The average Bonchev–Trinajstić information content (AvgIpc) is 2.83. The first kappa shape index (κ1) is 22.4. The zero-order valence-electron chi connectivity index (χ0n) is 17.7. The molecule has 9 heteroatoms. The number of anilines is 2. The molecule has 0 aromatic heterocycles. The fourth-order valence-corrected chi connectivity index (χ4v) is 3.18. The number of carbonyl (C=O) groups excluding carboxylic acids is 4. The van der Waals surface area contributed by atoms with E-state index in [1.807, 2.05) is 0 Å². The summed E-state index contributed by atoms with van der Waals surface area (Å²) in [5.74, 6) is -1.97. The van der Waals surface area contributed by atoms with Crippen molar-refractivity contribution in [3.05, 3.63) is 95.8 Å². The second-order valence-corrected chi connectivity index (χ2v) is 7.21. The van der Waals surface area contributed by atoms with E-state index in [-0.39, 0.29) is 12.2 Å². The van der Waals surface area contributed by atoms with Crippen LogP contribution in [0.25, 0.3) is 6.08 Å². The van der Waals surface area contributed by atoms with Crippen LogP contribution in [0.3, 0.4) is 0 Å². The summed E-state index contributed by atoms with van der Waals surface area (Å²) in [5.41, 5.74) is 1.10. The highest BCUT2D eigenvalue weighted by Gasteiger charge is 2.36. The fourth-order valence-electron chi connectivity index (χ4n) is 3.18. The van der Waals surface area contributed by atoms with Gasteiger partial charge in [-0.15, -0.1) is 0 Å². The van der Waals surface area contributed by atoms with Crippen molar-refractivity contribution in [1.29, 1.82) is 0 Å². The molecule has 0 spiro atoms. The summed E-state index contributed by atoms with van der Waals surface area (Å²) in [6.07, 6.45) is 1.37. The molecular weight excluding hydrogens is 441 g/mol. The number of nitrogens with one attached hydrogen (secondary N) is 2. The van der Waals surface area contributed by atoms with E-state index in [0.717, 1.165) is 4.90 Å². The molecule has 0 saturated carbocycles. The number of ether oxygens (including phenoxy) is 1. The Morgan fingerprint density at radius 1 is 0.941 bits per heavy atom. The van der Waals surface area contributed by atoms with Crippen LogP contribution in [0.1, 0.15) is 5.56 Å². The van der Waals surface area contributed by atoms with Crippen LogP contribution < -0.4 is 20.3 Å². The third-order valence-corrected chi connectivity index (χ3v) is 4.81. The largest absolute Gasteiger partial charge is 0.484 e. The number of rotatable bonds is 6. The molecular formula is C25H18FN3O5. The van der Waals surface area contributed by atoms with Crippen molar-refractivity contribution >= 4 is 41.2 Å². The molecule has 34 heavy (non-hydrogen) atoms. The van der Waals surface area contributed by atoms with Gasteiger partial charge in [0.15, 0.2) is 6.61 Å². The van der Waals surface area contributed by atoms with Crippen LogP contribution in [0.4, 0.5) is 20.6 Å². The molecule has 1 aliphatic rings. The Morgan fingerprint density at radius 3 is 2.29 bits per heavy atom. The number of hydrogen-bond acceptors (Lipinski definition) is 5. The molecule has 5 amide bonds. The van der Waals surface area contributed by atoms with E-state index in [2.05, 4.69) is 10.6 Å². The van der Waals surface area contributed by atoms with Crippen molar-refractivity contribution in [2.24, 2.45) is 0 Å². The molecule has 3 aromatic carbocycles. The quantitative estimate of drug-likeness (QED) is 0.434. The molecule has 0 radical (unpaired) electrons. The van der Waals surface area contributed by atoms with E-state index in [9.17, 15) is 23.6 Å². The van der Waals surface area contributed by atoms with Crippen molar-refractivity contribution in [3.63, 3.8) is 0 Å². The topological polar surface area (TPSA) is 105 Å². The van der Waals surface area contributed by atoms with Gasteiger partial charge in [-0.25, -0.2) is 14.1 Å². The molecule has 0 bridgehead atoms. The predicted octanol–water partition coefficient (Wildman–Crippen LogP) is 3.51. The Balaban J connectivity index is 1.41. The van der Waals surface area contributed by atoms with E-state index in [4.69, 9.17) is 4.74 Å². The van der Waals surface area contributed by atoms with Gasteiger partial charge in [0, 0.05) is 5.69 Å². The number of urea groups is 1. The van der Waals surface area contributed by atoms with Gasteiger partial charge in [-0.1, -0.05) is 30.3 Å². The molecule has 0 aliphatic carbocycles. The second kappa shape index (κ2) is 9.78. The van der Waals surface area contributed by atoms with Gasteiger partial charge in [-0.2, -0.15) is 0 Å². The number of hydrogen-bond donors (Lipinski definition) is 2. The van der Waals surface area contributed by atoms with E-state index < -0.39 is 29.6 Å². The third-order valence-electron chi connectivity index (χ3n) is 4.81. The molecule has 2 N–H and O–H groups in total. The van der Waals surface area contributed by atoms with Crippen LogP contribution in [0.5, 0.6) is 5.75 Å². The summed E-state index contributed by atoms with van der Waals surface area (Å²) >= 11 is 0. The molecule has 3 aromatic rings. The number of para-hydroxylation sites is 1. The number of amides is 5. The highest BCUT2D eigenvalue weighted by atomic mass is 19.1. The molecule has 8 nitrogen and oxygen atoms in total. The minimum atomic E-state index is -0.819. The summed E-state index contributed by atoms with van der Waals surface area (Å²) in [7, 11) is 0. The van der Waals surface area contributed by atoms with E-state index in [0.29, 0.717) is 22.7 Å². The van der Waals surface area contributed by atoms with Crippen LogP contribution in [-0.2, 0) is 14.4 Å². The Kier molecular flexibility index (Phi) is 6.45. The second-order valence-electron chi connectivity index (χ2n) is 7.21. The number of halogens is 1. The minimum absolute atomic E-state index is 0.198. The van der Waals surface area contributed by atoms with E-state index in [1.165, 1.54) is 30.3 Å². The van der Waals surface area contributed by atoms with Gasteiger partial charge in [0.1, 0.15) is 17.1 Å². The number of imide groups is 2. The lowest BCUT2D eigenvalue weighted by molar-refractivity contribution is -0.122. The van der Waals surface area contributed by atoms with Gasteiger partial charge >= 0.3 is 6.03 Å². The average molecular weight is 459 g/mol. The van der Waals surface area contributed by atoms with Gasteiger partial charge in [0.2, 0.25) is 0 Å². The van der Waals surface area contributed by atoms with Gasteiger partial charge in [-0.3, -0.25) is 19.7 Å². The first-order valence-corrected chi connectivity index (χ1v) is 10.2. The molecule has 1 saturated heterocycles. The Morgan fingerprint density at radius 2 is 1.62 bits per heavy atom. The van der Waals surface area contributed by atoms with Crippen LogP contribution in [0.2, 0.25) is 0 Å². The molecule has 4 rings (SSSR count). The lowest BCUT2D eigenvalue weighted by Crippen LogP contribution is -2.54. The van der Waals surface area contributed by atoms with Crippen LogP contribution in [-0.4, -0.2) is 30.4 Å². The lowest BCUT2D eigenvalue weighted by atomic mass is 10.1. The maximum absolute atomic E-state index is 12.9. The normalized spacial score (nSPS) is 14.7. The fraction of sp³-hybridized carbons (Fsp3) is 0.0400. The van der Waals surface area contributed by atoms with Crippen LogP contribution in [0, 0.1) is 5.82 Å². The van der Waals surface area contributed by atoms with Crippen molar-refractivity contribution < 1.29 is 28.3 Å². The Bertz CT molecular complexity index is 1270. The van der Waals surface area contributed by atoms with Crippen molar-refractivity contribution in [3.8, 4) is 5.75 Å². The monoisotopic (exact) mass is 459 g/mol. The smallest absolute Gasteiger partial charge is 0.335 e. The van der Waals surface area contributed by atoms with E-state index in [1.54, 1.807) is 54.6 Å². The number of carbonyl (C=O) groups is 4. The third kappa shape index (κ3) is 5.16. The van der Waals surface area contributed by atoms with Gasteiger partial charge < -0.3 is 10.1 Å². The maximum Gasteiger partial charge on any atom is 0.335 e. The molecule has 1 heterocycles. The molecule has 0 unspecified atom stereocenters. The summed E-state index contributed by atoms with van der Waals surface area (Å²) in [4.78, 5) is 50.2. The summed E-state index contributed by atoms with van der Waals surface area (Å²) in [6, 6.07) is 19.1. The van der Waals surface area contributed by atoms with Crippen molar-refractivity contribution in [1.82, 2.24) is 5.32 Å². The van der Waals surface area contributed by atoms with Crippen molar-refractivity contribution in [2.45, 2.75) is 0 Å². The number of nitrogens with zero attached hydrogens (tertiary/aromatic N) is 1. The van der Waals surface area contributed by atoms with Gasteiger partial charge in [0.25, 0.3) is 17.7 Å². The SMILES string of the molecule is O=C(COc1ccc(C=C2C(=O)NC(=O)N(c3ccccc3)C2=O)cc1)Nc1ccc(F)cc1. The zero-order chi connectivity index (χ0) is 24.1. The standard InChI is InChI=1S/C25H18FN3O5/c26-17-8-10-18(11-9-17)27-22(30)15-34-20-12-6-16(7-13-20)14-21-23(31)28-25(33)29(24(21)32)19-4-2-1-3-5-19/h1-14H,15H2,(H,27,30)(H,28,31,33). The molecule has 0 atom stereocenters. The zero-order valence-corrected chi connectivity index (χ0v) is 17.7. The summed E-state index contributed by atoms with van der Waals surface area (Å²) in [6.45, 7) is -0.271. The highest BCUT2D eigenvalue weighted by molar-refractivity contribution is 6.39. The summed E-state index contributed by atoms with van der Waals surface area (Å²) < 4.78 is 18.4. The summed E-state index contributed by atoms with van der Waals surface area (Å²) in [5, 5.41) is 4.75. The first-order chi connectivity index (χ1) is 16.4. The van der Waals surface area contributed by atoms with E-state index >= 15 is 0 Å². The molecule has 1 aliphatic heterocycles. The predicted molar refractivity (Wildman–Crippen MR) is 122 cm³/mol. The lowest BCUT2D eigenvalue weighted by Gasteiger charge is -2.26. The number of barbiturate groups is 1. The van der Waals surface area contributed by atoms with Crippen LogP contribution in [0.15, 0.2) is 84.4 Å². The van der Waals surface area contributed by atoms with Gasteiger partial charge in [-0.05, 0) is 60.2 Å². The van der Waals surface area contributed by atoms with Crippen LogP contribution >= 0.6 is 0 Å². The molecule has 1 fully saturated rings. The Labute approximate surface area is 193 Å². The van der Waals surface area contributed by atoms with Crippen molar-refractivity contribution in [2.75, 3.05) is 16.8 Å². The first-order valence-electron chi connectivity index (χ1n) is 10.2. The maximum atomic E-state index is 12.9. The number of benzene rings is 3. The van der Waals surface area contributed by atoms with Gasteiger partial charge in [0.05, 0.1) is 5.69 Å². The highest BCUT2D eigenvalue weighted by Crippen LogP contribution is 2.22.